The molecule has 1 fully saturated rings. The fourth-order valence-corrected chi connectivity index (χ4v) is 2.85. The molecular formula is C17H18ClNO4. The van der Waals surface area contributed by atoms with Gasteiger partial charge in [-0.25, -0.2) is 9.78 Å². The van der Waals surface area contributed by atoms with Gasteiger partial charge >= 0.3 is 5.97 Å². The number of nitrogens with zero attached hydrogens (tertiary/aromatic N) is 1. The number of hydrogen-bond acceptors (Lipinski definition) is 5. The Labute approximate surface area is 139 Å². The van der Waals surface area contributed by atoms with Gasteiger partial charge in [0, 0.05) is 10.6 Å². The number of benzene rings is 1. The first-order valence-electron chi connectivity index (χ1n) is 7.67. The molecule has 3 rings (SSSR count). The van der Waals surface area contributed by atoms with E-state index in [9.17, 15) is 9.90 Å². The van der Waals surface area contributed by atoms with Crippen LogP contribution in [0.1, 0.15) is 38.0 Å². The molecule has 1 heterocycles. The highest BCUT2D eigenvalue weighted by Gasteiger charge is 2.38. The van der Waals surface area contributed by atoms with Gasteiger partial charge in [0.05, 0.1) is 6.20 Å². The van der Waals surface area contributed by atoms with Crippen LogP contribution in [0.25, 0.3) is 11.3 Å². The van der Waals surface area contributed by atoms with Gasteiger partial charge in [-0.3, -0.25) is 0 Å². The Morgan fingerprint density at radius 1 is 1.26 bits per heavy atom. The predicted molar refractivity (Wildman–Crippen MR) is 84.8 cm³/mol. The van der Waals surface area contributed by atoms with Crippen LogP contribution in [0.2, 0.25) is 5.02 Å². The van der Waals surface area contributed by atoms with E-state index in [1.54, 1.807) is 18.3 Å². The molecule has 1 aromatic heterocycles. The molecule has 0 spiro atoms. The Bertz CT molecular complexity index is 674. The smallest absolute Gasteiger partial charge is 0.338 e. The number of carbonyl (C=O) groups excluding carboxylic acids is 1. The number of rotatable bonds is 4. The molecular weight excluding hydrogens is 318 g/mol. The summed E-state index contributed by atoms with van der Waals surface area (Å²) in [5.74, 6) is 0.273. The minimum absolute atomic E-state index is 0.0886. The second-order valence-corrected chi connectivity index (χ2v) is 6.23. The first-order chi connectivity index (χ1) is 11.1. The highest BCUT2D eigenvalue weighted by Crippen LogP contribution is 2.29. The highest BCUT2D eigenvalue weighted by atomic mass is 35.5. The number of aliphatic hydroxyl groups is 1. The average Bonchev–Trinajstić information content (AvgIpc) is 3.03. The monoisotopic (exact) mass is 335 g/mol. The maximum atomic E-state index is 12.1. The molecule has 1 aliphatic carbocycles. The van der Waals surface area contributed by atoms with Crippen molar-refractivity contribution in [3.8, 4) is 11.3 Å². The lowest BCUT2D eigenvalue weighted by molar-refractivity contribution is -0.171. The number of ether oxygens (including phenoxy) is 1. The summed E-state index contributed by atoms with van der Waals surface area (Å²) in [5.41, 5.74) is -0.519. The van der Waals surface area contributed by atoms with Gasteiger partial charge in [0.1, 0.15) is 0 Å². The van der Waals surface area contributed by atoms with Crippen molar-refractivity contribution in [3.05, 3.63) is 41.4 Å². The third kappa shape index (κ3) is 3.74. The van der Waals surface area contributed by atoms with Gasteiger partial charge in [0.2, 0.25) is 5.89 Å². The van der Waals surface area contributed by atoms with Crippen molar-refractivity contribution in [1.82, 2.24) is 4.98 Å². The lowest BCUT2D eigenvalue weighted by Gasteiger charge is -2.29. The largest absolute Gasteiger partial charge is 0.454 e. The number of esters is 1. The minimum atomic E-state index is -1.36. The molecule has 5 nitrogen and oxygen atoms in total. The molecule has 1 saturated carbocycles. The van der Waals surface area contributed by atoms with Crippen LogP contribution in [0.4, 0.5) is 0 Å². The zero-order valence-electron chi connectivity index (χ0n) is 12.6. The van der Waals surface area contributed by atoms with Crippen LogP contribution in [-0.4, -0.2) is 21.7 Å². The fraction of sp³-hybridized carbons (Fsp3) is 0.412. The van der Waals surface area contributed by atoms with Crippen molar-refractivity contribution in [2.45, 2.75) is 44.3 Å². The van der Waals surface area contributed by atoms with Gasteiger partial charge in [-0.1, -0.05) is 18.0 Å². The molecule has 0 atom stereocenters. The van der Waals surface area contributed by atoms with Gasteiger partial charge < -0.3 is 14.3 Å². The third-order valence-corrected chi connectivity index (χ3v) is 4.32. The van der Waals surface area contributed by atoms with E-state index in [1.165, 1.54) is 0 Å². The number of hydrogen-bond donors (Lipinski definition) is 1. The molecule has 0 saturated heterocycles. The number of halogens is 1. The number of carbonyl (C=O) groups is 1. The van der Waals surface area contributed by atoms with E-state index in [4.69, 9.17) is 20.8 Å². The van der Waals surface area contributed by atoms with E-state index in [1.807, 2.05) is 12.1 Å². The molecule has 2 aromatic rings. The minimum Gasteiger partial charge on any atom is -0.454 e. The van der Waals surface area contributed by atoms with E-state index in [0.29, 0.717) is 29.5 Å². The second kappa shape index (κ2) is 6.72. The quantitative estimate of drug-likeness (QED) is 0.862. The summed E-state index contributed by atoms with van der Waals surface area (Å²) in [6.07, 6.45) is 5.19. The van der Waals surface area contributed by atoms with Crippen molar-refractivity contribution in [1.29, 1.82) is 0 Å². The molecule has 1 aromatic carbocycles. The van der Waals surface area contributed by atoms with Crippen molar-refractivity contribution in [2.75, 3.05) is 0 Å². The Morgan fingerprint density at radius 2 is 1.96 bits per heavy atom. The molecule has 6 heteroatoms. The van der Waals surface area contributed by atoms with Gasteiger partial charge in [-0.15, -0.1) is 0 Å². The van der Waals surface area contributed by atoms with Crippen LogP contribution in [0.15, 0.2) is 34.9 Å². The summed E-state index contributed by atoms with van der Waals surface area (Å²) >= 11 is 5.85. The molecule has 0 bridgehead atoms. The molecule has 0 amide bonds. The zero-order valence-corrected chi connectivity index (χ0v) is 13.4. The Hall–Kier alpha value is -1.85. The normalized spacial score (nSPS) is 17.0. The van der Waals surface area contributed by atoms with Gasteiger partial charge in [0.15, 0.2) is 18.0 Å². The van der Waals surface area contributed by atoms with E-state index in [2.05, 4.69) is 4.98 Å². The van der Waals surface area contributed by atoms with Crippen LogP contribution in [0.5, 0.6) is 0 Å². The highest BCUT2D eigenvalue weighted by molar-refractivity contribution is 6.30. The Morgan fingerprint density at radius 3 is 2.65 bits per heavy atom. The summed E-state index contributed by atoms with van der Waals surface area (Å²) in [5, 5.41) is 10.9. The molecule has 23 heavy (non-hydrogen) atoms. The molecule has 122 valence electrons. The van der Waals surface area contributed by atoms with Crippen LogP contribution in [0.3, 0.4) is 0 Å². The standard InChI is InChI=1S/C17H18ClNO4/c18-13-6-4-12(5-7-13)14-10-19-15(23-14)11-22-16(20)17(21)8-2-1-3-9-17/h4-7,10,21H,1-3,8-9,11H2. The van der Waals surface area contributed by atoms with Crippen LogP contribution in [-0.2, 0) is 16.1 Å². The van der Waals surface area contributed by atoms with Crippen LogP contribution in [0, 0.1) is 0 Å². The molecule has 0 radical (unpaired) electrons. The predicted octanol–water partition coefficient (Wildman–Crippen LogP) is 3.73. The number of oxazole rings is 1. The van der Waals surface area contributed by atoms with E-state index < -0.39 is 11.6 Å². The fourth-order valence-electron chi connectivity index (χ4n) is 2.73. The molecule has 1 aliphatic rings. The summed E-state index contributed by atoms with van der Waals surface area (Å²) < 4.78 is 10.7. The van der Waals surface area contributed by atoms with E-state index >= 15 is 0 Å². The summed E-state index contributed by atoms with van der Waals surface area (Å²) in [6.45, 7) is -0.0886. The first kappa shape index (κ1) is 16.0. The topological polar surface area (TPSA) is 72.6 Å². The van der Waals surface area contributed by atoms with Crippen molar-refractivity contribution in [2.24, 2.45) is 0 Å². The summed E-state index contributed by atoms with van der Waals surface area (Å²) in [6, 6.07) is 7.17. The van der Waals surface area contributed by atoms with Crippen LogP contribution >= 0.6 is 11.6 Å². The van der Waals surface area contributed by atoms with Crippen molar-refractivity contribution in [3.63, 3.8) is 0 Å². The van der Waals surface area contributed by atoms with Gasteiger partial charge in [-0.05, 0) is 49.9 Å². The Balaban J connectivity index is 1.61. The first-order valence-corrected chi connectivity index (χ1v) is 8.05. The number of aromatic nitrogens is 1. The Kier molecular flexibility index (Phi) is 4.68. The SMILES string of the molecule is O=C(OCc1ncc(-c2ccc(Cl)cc2)o1)C1(O)CCCCC1. The van der Waals surface area contributed by atoms with E-state index in [0.717, 1.165) is 24.8 Å². The van der Waals surface area contributed by atoms with E-state index in [-0.39, 0.29) is 6.61 Å². The maximum absolute atomic E-state index is 12.1. The van der Waals surface area contributed by atoms with Crippen molar-refractivity contribution >= 4 is 17.6 Å². The zero-order chi connectivity index (χ0) is 16.3. The second-order valence-electron chi connectivity index (χ2n) is 5.79. The van der Waals surface area contributed by atoms with Gasteiger partial charge in [0.25, 0.3) is 0 Å². The van der Waals surface area contributed by atoms with Crippen molar-refractivity contribution < 1.29 is 19.1 Å². The molecule has 0 aliphatic heterocycles. The molecule has 1 N–H and O–H groups in total. The summed E-state index contributed by atoms with van der Waals surface area (Å²) in [7, 11) is 0. The lowest BCUT2D eigenvalue weighted by Crippen LogP contribution is -2.41. The van der Waals surface area contributed by atoms with Gasteiger partial charge in [-0.2, -0.15) is 0 Å². The van der Waals surface area contributed by atoms with Crippen LogP contribution < -0.4 is 0 Å². The maximum Gasteiger partial charge on any atom is 0.338 e. The molecule has 0 unspecified atom stereocenters. The lowest BCUT2D eigenvalue weighted by atomic mass is 9.85. The average molecular weight is 336 g/mol. The summed E-state index contributed by atoms with van der Waals surface area (Å²) in [4.78, 5) is 16.1. The third-order valence-electron chi connectivity index (χ3n) is 4.07.